The van der Waals surface area contributed by atoms with E-state index in [1.807, 2.05) is 0 Å². The third-order valence-corrected chi connectivity index (χ3v) is 2.14. The van der Waals surface area contributed by atoms with Gasteiger partial charge in [0.2, 0.25) is 0 Å². The van der Waals surface area contributed by atoms with Gasteiger partial charge in [0.25, 0.3) is 5.79 Å². The highest BCUT2D eigenvalue weighted by atomic mass is 35.5. The molecule has 0 bridgehead atoms. The van der Waals surface area contributed by atoms with Crippen molar-refractivity contribution in [1.29, 1.82) is 0 Å². The van der Waals surface area contributed by atoms with Crippen molar-refractivity contribution in [3.8, 4) is 0 Å². The summed E-state index contributed by atoms with van der Waals surface area (Å²) in [5, 5.41) is 27.7. The van der Waals surface area contributed by atoms with Crippen molar-refractivity contribution >= 4 is 11.6 Å². The average molecular weight is 203 g/mol. The van der Waals surface area contributed by atoms with Crippen LogP contribution in [0.1, 0.15) is 5.56 Å². The van der Waals surface area contributed by atoms with Crippen LogP contribution in [0.15, 0.2) is 24.3 Å². The van der Waals surface area contributed by atoms with Crippen LogP contribution in [-0.4, -0.2) is 21.3 Å². The van der Waals surface area contributed by atoms with Crippen LogP contribution >= 0.6 is 11.6 Å². The van der Waals surface area contributed by atoms with Gasteiger partial charge in [0, 0.05) is 10.6 Å². The molecule has 2 rings (SSSR count). The van der Waals surface area contributed by atoms with E-state index in [-0.39, 0.29) is 5.56 Å². The van der Waals surface area contributed by atoms with Gasteiger partial charge in [0.05, 0.1) is 0 Å². The molecule has 1 saturated heterocycles. The number of halogens is 1. The molecule has 1 aromatic carbocycles. The molecule has 1 heterocycles. The van der Waals surface area contributed by atoms with E-state index in [0.29, 0.717) is 5.02 Å². The zero-order valence-corrected chi connectivity index (χ0v) is 7.19. The maximum atomic E-state index is 9.47. The van der Waals surface area contributed by atoms with Crippen molar-refractivity contribution in [2.45, 2.75) is 11.8 Å². The molecule has 5 heteroatoms. The molecule has 4 nitrogen and oxygen atoms in total. The van der Waals surface area contributed by atoms with E-state index < -0.39 is 11.8 Å². The van der Waals surface area contributed by atoms with Gasteiger partial charge in [-0.05, 0) is 12.1 Å². The van der Waals surface area contributed by atoms with Crippen molar-refractivity contribution in [3.05, 3.63) is 34.9 Å². The SMILES string of the molecule is OC1(O)OC1(O)c1cccc(Cl)c1. The summed E-state index contributed by atoms with van der Waals surface area (Å²) in [6, 6.07) is 6.07. The largest absolute Gasteiger partial charge is 0.355 e. The highest BCUT2D eigenvalue weighted by Gasteiger charge is 2.71. The van der Waals surface area contributed by atoms with Gasteiger partial charge >= 0.3 is 5.97 Å². The first-order valence-electron chi connectivity index (χ1n) is 3.59. The fourth-order valence-electron chi connectivity index (χ4n) is 1.13. The molecule has 0 radical (unpaired) electrons. The number of aliphatic hydroxyl groups is 3. The second kappa shape index (κ2) is 2.43. The molecule has 0 aliphatic carbocycles. The highest BCUT2D eigenvalue weighted by molar-refractivity contribution is 6.30. The fourth-order valence-corrected chi connectivity index (χ4v) is 1.32. The maximum Gasteiger partial charge on any atom is 0.343 e. The summed E-state index contributed by atoms with van der Waals surface area (Å²) in [7, 11) is 0. The number of hydrogen-bond acceptors (Lipinski definition) is 4. The molecule has 0 spiro atoms. The molecule has 0 amide bonds. The van der Waals surface area contributed by atoms with Crippen LogP contribution < -0.4 is 0 Å². The molecule has 1 unspecified atom stereocenters. The predicted octanol–water partition coefficient (Wildman–Crippen LogP) is 0.154. The van der Waals surface area contributed by atoms with Crippen LogP contribution in [-0.2, 0) is 10.5 Å². The molecule has 1 atom stereocenters. The van der Waals surface area contributed by atoms with Crippen molar-refractivity contribution in [1.82, 2.24) is 0 Å². The normalized spacial score (nSPS) is 30.2. The minimum atomic E-state index is -2.50. The van der Waals surface area contributed by atoms with E-state index in [4.69, 9.17) is 21.8 Å². The highest BCUT2D eigenvalue weighted by Crippen LogP contribution is 2.49. The molecule has 1 aromatic rings. The lowest BCUT2D eigenvalue weighted by Crippen LogP contribution is -2.22. The zero-order valence-electron chi connectivity index (χ0n) is 6.44. The lowest BCUT2D eigenvalue weighted by atomic mass is 10.1. The van der Waals surface area contributed by atoms with Gasteiger partial charge in [0.1, 0.15) is 0 Å². The second-order valence-electron chi connectivity index (χ2n) is 2.86. The molecule has 1 fully saturated rings. The van der Waals surface area contributed by atoms with E-state index in [2.05, 4.69) is 4.74 Å². The van der Waals surface area contributed by atoms with Crippen molar-refractivity contribution in [3.63, 3.8) is 0 Å². The third-order valence-electron chi connectivity index (χ3n) is 1.91. The van der Waals surface area contributed by atoms with Gasteiger partial charge in [-0.25, -0.2) is 0 Å². The van der Waals surface area contributed by atoms with Crippen molar-refractivity contribution < 1.29 is 20.1 Å². The molecule has 1 aliphatic rings. The lowest BCUT2D eigenvalue weighted by molar-refractivity contribution is -0.161. The van der Waals surface area contributed by atoms with Crippen LogP contribution in [0.25, 0.3) is 0 Å². The Morgan fingerprint density at radius 1 is 1.23 bits per heavy atom. The fraction of sp³-hybridized carbons (Fsp3) is 0.250. The molecule has 0 saturated carbocycles. The Kier molecular flexibility index (Phi) is 1.67. The molecule has 3 N–H and O–H groups in total. The summed E-state index contributed by atoms with van der Waals surface area (Å²) < 4.78 is 4.34. The summed E-state index contributed by atoms with van der Waals surface area (Å²) in [6.07, 6.45) is 0. The smallest absolute Gasteiger partial charge is 0.343 e. The Morgan fingerprint density at radius 3 is 2.31 bits per heavy atom. The van der Waals surface area contributed by atoms with E-state index in [0.717, 1.165) is 0 Å². The third kappa shape index (κ3) is 1.23. The first-order chi connectivity index (χ1) is 5.96. The lowest BCUT2D eigenvalue weighted by Gasteiger charge is -2.05. The number of benzene rings is 1. The van der Waals surface area contributed by atoms with E-state index in [1.54, 1.807) is 12.1 Å². The van der Waals surface area contributed by atoms with Gasteiger partial charge < -0.3 is 15.3 Å². The first-order valence-corrected chi connectivity index (χ1v) is 3.97. The first kappa shape index (κ1) is 8.93. The molecule has 0 aromatic heterocycles. The van der Waals surface area contributed by atoms with Gasteiger partial charge in [0.15, 0.2) is 0 Å². The Bertz CT molecular complexity index is 352. The number of ether oxygens (including phenoxy) is 1. The van der Waals surface area contributed by atoms with Gasteiger partial charge in [-0.15, -0.1) is 0 Å². The molecule has 13 heavy (non-hydrogen) atoms. The van der Waals surface area contributed by atoms with Crippen molar-refractivity contribution in [2.24, 2.45) is 0 Å². The Morgan fingerprint density at radius 2 is 1.85 bits per heavy atom. The zero-order chi connectivity index (χ0) is 9.69. The summed E-state index contributed by atoms with van der Waals surface area (Å²) in [4.78, 5) is 0. The van der Waals surface area contributed by atoms with Gasteiger partial charge in [-0.2, -0.15) is 0 Å². The average Bonchev–Trinajstić information content (AvgIpc) is 2.53. The predicted molar refractivity (Wildman–Crippen MR) is 43.6 cm³/mol. The number of hydrogen-bond donors (Lipinski definition) is 3. The van der Waals surface area contributed by atoms with E-state index in [1.165, 1.54) is 12.1 Å². The minimum Gasteiger partial charge on any atom is -0.355 e. The summed E-state index contributed by atoms with van der Waals surface area (Å²) in [5.74, 6) is -4.55. The number of rotatable bonds is 1. The Hall–Kier alpha value is -0.650. The minimum absolute atomic E-state index is 0.213. The van der Waals surface area contributed by atoms with E-state index >= 15 is 0 Å². The molecule has 1 aliphatic heterocycles. The van der Waals surface area contributed by atoms with Gasteiger partial charge in [-0.1, -0.05) is 23.7 Å². The Balaban J connectivity index is 2.38. The monoisotopic (exact) mass is 202 g/mol. The van der Waals surface area contributed by atoms with Crippen LogP contribution in [0.5, 0.6) is 0 Å². The van der Waals surface area contributed by atoms with E-state index in [9.17, 15) is 5.11 Å². The summed E-state index contributed by atoms with van der Waals surface area (Å²) in [6.45, 7) is 0. The topological polar surface area (TPSA) is 73.2 Å². The summed E-state index contributed by atoms with van der Waals surface area (Å²) >= 11 is 5.64. The van der Waals surface area contributed by atoms with Crippen LogP contribution in [0.2, 0.25) is 5.02 Å². The standard InChI is InChI=1S/C8H7ClO4/c9-6-3-1-2-5(4-6)7(10)8(11,12)13-7/h1-4,10-12H. The number of epoxide rings is 1. The summed E-state index contributed by atoms with van der Waals surface area (Å²) in [5.41, 5.74) is 0.213. The Labute approximate surface area is 79.0 Å². The second-order valence-corrected chi connectivity index (χ2v) is 3.30. The van der Waals surface area contributed by atoms with Crippen molar-refractivity contribution in [2.75, 3.05) is 0 Å². The quantitative estimate of drug-likeness (QED) is 0.448. The molecular formula is C8H7ClO4. The van der Waals surface area contributed by atoms with Crippen LogP contribution in [0.3, 0.4) is 0 Å². The van der Waals surface area contributed by atoms with Crippen LogP contribution in [0.4, 0.5) is 0 Å². The molecule has 70 valence electrons. The van der Waals surface area contributed by atoms with Crippen LogP contribution in [0, 0.1) is 0 Å². The molecular weight excluding hydrogens is 196 g/mol. The van der Waals surface area contributed by atoms with Gasteiger partial charge in [-0.3, -0.25) is 4.74 Å². The maximum absolute atomic E-state index is 9.47.